The highest BCUT2D eigenvalue weighted by atomic mass is 19.1. The maximum absolute atomic E-state index is 12.6. The van der Waals surface area contributed by atoms with Crippen molar-refractivity contribution in [3.63, 3.8) is 0 Å². The lowest BCUT2D eigenvalue weighted by Gasteiger charge is -2.01. The minimum atomic E-state index is -0.432. The fourth-order valence-electron chi connectivity index (χ4n) is 2.40. The molecule has 1 atom stereocenters. The van der Waals surface area contributed by atoms with Crippen LogP contribution >= 0.6 is 0 Å². The Kier molecular flexibility index (Phi) is 7.97. The third kappa shape index (κ3) is 7.30. The van der Waals surface area contributed by atoms with Crippen LogP contribution in [-0.2, 0) is 0 Å². The first-order chi connectivity index (χ1) is 7.84. The molecule has 1 heterocycles. The highest BCUT2D eigenvalue weighted by molar-refractivity contribution is 6.64. The number of unbranched alkanes of at least 4 members (excludes halogenated alkanes) is 9. The maximum Gasteiger partial charge on any atom is 0.350 e. The lowest BCUT2D eigenvalue weighted by atomic mass is 9.92. The van der Waals surface area contributed by atoms with Gasteiger partial charge in [-0.1, -0.05) is 77.6 Å². The molecule has 94 valence electrons. The minimum Gasteiger partial charge on any atom is -0.336 e. The Morgan fingerprint density at radius 3 is 1.75 bits per heavy atom. The summed E-state index contributed by atoms with van der Waals surface area (Å²) < 4.78 is 12.6. The molecule has 0 bridgehead atoms. The molecular formula is C14H28BF. The van der Waals surface area contributed by atoms with E-state index >= 15 is 0 Å². The summed E-state index contributed by atoms with van der Waals surface area (Å²) in [7, 11) is 0. The predicted molar refractivity (Wildman–Crippen MR) is 71.9 cm³/mol. The normalized spacial score (nSPS) is 19.1. The standard InChI is InChI=1S/C14H28BF/c1-2-3-4-5-6-7-8-9-10-11-12-14-13-15(14)16/h14H,2-13H2,1H3. The second-order valence-corrected chi connectivity index (χ2v) is 5.48. The number of hydrogen-bond acceptors (Lipinski definition) is 0. The highest BCUT2D eigenvalue weighted by Gasteiger charge is 2.42. The van der Waals surface area contributed by atoms with Crippen LogP contribution in [0.1, 0.15) is 77.6 Å². The zero-order valence-electron chi connectivity index (χ0n) is 11.0. The first-order valence-corrected chi connectivity index (χ1v) is 7.48. The quantitative estimate of drug-likeness (QED) is 0.316. The molecule has 1 rings (SSSR count). The van der Waals surface area contributed by atoms with Crippen LogP contribution in [0, 0.1) is 0 Å². The van der Waals surface area contributed by atoms with Gasteiger partial charge in [-0.2, -0.15) is 0 Å². The van der Waals surface area contributed by atoms with Gasteiger partial charge >= 0.3 is 6.99 Å². The van der Waals surface area contributed by atoms with Gasteiger partial charge in [0.15, 0.2) is 0 Å². The fourth-order valence-corrected chi connectivity index (χ4v) is 2.40. The van der Waals surface area contributed by atoms with Crippen molar-refractivity contribution in [3.8, 4) is 0 Å². The van der Waals surface area contributed by atoms with E-state index in [0.29, 0.717) is 5.82 Å². The molecule has 1 aliphatic heterocycles. The summed E-state index contributed by atoms with van der Waals surface area (Å²) in [6.07, 6.45) is 15.8. The molecule has 1 aliphatic rings. The molecule has 0 amide bonds. The summed E-state index contributed by atoms with van der Waals surface area (Å²) in [5.41, 5.74) is 0. The lowest BCUT2D eigenvalue weighted by molar-refractivity contribution is 0.550. The Labute approximate surface area is 102 Å². The number of halogens is 1. The molecular weight excluding hydrogens is 198 g/mol. The molecule has 1 saturated heterocycles. The molecule has 0 aromatic rings. The van der Waals surface area contributed by atoms with E-state index in [0.717, 1.165) is 12.7 Å². The molecule has 0 saturated carbocycles. The Morgan fingerprint density at radius 1 is 0.875 bits per heavy atom. The molecule has 0 N–H and O–H groups in total. The third-order valence-electron chi connectivity index (χ3n) is 3.76. The van der Waals surface area contributed by atoms with Crippen molar-refractivity contribution in [1.29, 1.82) is 0 Å². The van der Waals surface area contributed by atoms with Crippen LogP contribution in [0.15, 0.2) is 0 Å². The molecule has 1 unspecified atom stereocenters. The summed E-state index contributed by atoms with van der Waals surface area (Å²) in [6.45, 7) is 1.83. The maximum atomic E-state index is 12.6. The lowest BCUT2D eigenvalue weighted by Crippen LogP contribution is -1.83. The Hall–Kier alpha value is -0.00506. The summed E-state index contributed by atoms with van der Waals surface area (Å²) in [5.74, 6) is 0.453. The highest BCUT2D eigenvalue weighted by Crippen LogP contribution is 2.42. The second-order valence-electron chi connectivity index (χ2n) is 5.48. The molecule has 2 heteroatoms. The van der Waals surface area contributed by atoms with E-state index < -0.39 is 6.99 Å². The van der Waals surface area contributed by atoms with Gasteiger partial charge in [-0.25, -0.2) is 0 Å². The Bertz CT molecular complexity index is 161. The van der Waals surface area contributed by atoms with Gasteiger partial charge in [0, 0.05) is 0 Å². The number of hydrogen-bond donors (Lipinski definition) is 0. The molecule has 0 aromatic carbocycles. The zero-order valence-corrected chi connectivity index (χ0v) is 11.0. The van der Waals surface area contributed by atoms with Crippen LogP contribution in [0.2, 0.25) is 12.1 Å². The van der Waals surface area contributed by atoms with Gasteiger partial charge in [-0.15, -0.1) is 0 Å². The smallest absolute Gasteiger partial charge is 0.336 e. The van der Waals surface area contributed by atoms with Crippen molar-refractivity contribution in [2.45, 2.75) is 89.7 Å². The van der Waals surface area contributed by atoms with Crippen molar-refractivity contribution in [2.24, 2.45) is 0 Å². The first kappa shape index (κ1) is 14.1. The van der Waals surface area contributed by atoms with Gasteiger partial charge < -0.3 is 4.32 Å². The van der Waals surface area contributed by atoms with Gasteiger partial charge in [-0.3, -0.25) is 0 Å². The molecule has 0 nitrogen and oxygen atoms in total. The van der Waals surface area contributed by atoms with Crippen LogP contribution in [0.5, 0.6) is 0 Å². The van der Waals surface area contributed by atoms with Gasteiger partial charge in [-0.05, 0) is 12.1 Å². The molecule has 1 fully saturated rings. The van der Waals surface area contributed by atoms with E-state index in [1.165, 1.54) is 64.2 Å². The van der Waals surface area contributed by atoms with Crippen molar-refractivity contribution in [2.75, 3.05) is 0 Å². The second kappa shape index (κ2) is 9.07. The van der Waals surface area contributed by atoms with E-state index in [4.69, 9.17) is 0 Å². The van der Waals surface area contributed by atoms with Crippen LogP contribution in [0.25, 0.3) is 0 Å². The summed E-state index contributed by atoms with van der Waals surface area (Å²) >= 11 is 0. The van der Waals surface area contributed by atoms with E-state index in [2.05, 4.69) is 6.92 Å². The van der Waals surface area contributed by atoms with Crippen LogP contribution in [0.4, 0.5) is 4.32 Å². The molecule has 0 radical (unpaired) electrons. The van der Waals surface area contributed by atoms with E-state index in [1.54, 1.807) is 0 Å². The van der Waals surface area contributed by atoms with E-state index in [9.17, 15) is 4.32 Å². The van der Waals surface area contributed by atoms with Crippen LogP contribution in [0.3, 0.4) is 0 Å². The molecule has 0 spiro atoms. The minimum absolute atomic E-state index is 0.432. The average molecular weight is 226 g/mol. The fraction of sp³-hybridized carbons (Fsp3) is 1.00. The molecule has 0 aromatic heterocycles. The van der Waals surface area contributed by atoms with Gasteiger partial charge in [0.1, 0.15) is 0 Å². The molecule has 0 aliphatic carbocycles. The van der Waals surface area contributed by atoms with Crippen molar-refractivity contribution in [3.05, 3.63) is 0 Å². The summed E-state index contributed by atoms with van der Waals surface area (Å²) in [6, 6.07) is 0. The van der Waals surface area contributed by atoms with Gasteiger partial charge in [0.25, 0.3) is 0 Å². The van der Waals surface area contributed by atoms with Crippen LogP contribution < -0.4 is 0 Å². The van der Waals surface area contributed by atoms with Gasteiger partial charge in [0.2, 0.25) is 0 Å². The third-order valence-corrected chi connectivity index (χ3v) is 3.76. The topological polar surface area (TPSA) is 0 Å². The Balaban J connectivity index is 1.65. The first-order valence-electron chi connectivity index (χ1n) is 7.48. The van der Waals surface area contributed by atoms with E-state index in [-0.39, 0.29) is 0 Å². The predicted octanol–water partition coefficient (Wildman–Crippen LogP) is 5.64. The average Bonchev–Trinajstić information content (AvgIpc) is 2.97. The van der Waals surface area contributed by atoms with Gasteiger partial charge in [0.05, 0.1) is 0 Å². The summed E-state index contributed by atoms with van der Waals surface area (Å²) in [5, 5.41) is 0. The molecule has 16 heavy (non-hydrogen) atoms. The zero-order chi connectivity index (χ0) is 11.6. The Morgan fingerprint density at radius 2 is 1.31 bits per heavy atom. The van der Waals surface area contributed by atoms with Crippen LogP contribution in [-0.4, -0.2) is 6.99 Å². The van der Waals surface area contributed by atoms with Crippen molar-refractivity contribution < 1.29 is 4.32 Å². The van der Waals surface area contributed by atoms with E-state index in [1.807, 2.05) is 0 Å². The monoisotopic (exact) mass is 226 g/mol. The summed E-state index contributed by atoms with van der Waals surface area (Å²) in [4.78, 5) is 0. The number of rotatable bonds is 11. The SMILES string of the molecule is CCCCCCCCCCCCC1CB1F. The van der Waals surface area contributed by atoms with Crippen molar-refractivity contribution in [1.82, 2.24) is 0 Å². The van der Waals surface area contributed by atoms with Crippen molar-refractivity contribution >= 4 is 6.99 Å². The largest absolute Gasteiger partial charge is 0.350 e.